The number of likely N-dealkylation sites (N-methyl/N-ethyl adjacent to an activating group) is 1. The van der Waals surface area contributed by atoms with Gasteiger partial charge in [-0.15, -0.1) is 11.8 Å². The van der Waals surface area contributed by atoms with E-state index in [4.69, 9.17) is 9.72 Å². The summed E-state index contributed by atoms with van der Waals surface area (Å²) in [5, 5.41) is 11.1. The molecule has 2 heterocycles. The maximum absolute atomic E-state index is 9.89. The predicted octanol–water partition coefficient (Wildman–Crippen LogP) is 2.89. The smallest absolute Gasteiger partial charge is 0.129 e. The molecule has 1 aliphatic heterocycles. The number of hydrogen-bond donors (Lipinski definition) is 1. The van der Waals surface area contributed by atoms with Gasteiger partial charge in [-0.2, -0.15) is 0 Å². The zero-order chi connectivity index (χ0) is 19.4. The average Bonchev–Trinajstić information content (AvgIpc) is 3.08. The lowest BCUT2D eigenvalue weighted by Gasteiger charge is -2.23. The molecule has 0 unspecified atom stereocenters. The number of aromatic nitrogens is 1. The van der Waals surface area contributed by atoms with Crippen LogP contribution in [-0.4, -0.2) is 74.8 Å². The molecule has 1 aromatic carbocycles. The molecule has 148 valence electrons. The second-order valence-electron chi connectivity index (χ2n) is 7.54. The monoisotopic (exact) mass is 389 g/mol. The quantitative estimate of drug-likeness (QED) is 0.701. The van der Waals surface area contributed by atoms with Gasteiger partial charge in [-0.25, -0.2) is 4.98 Å². The summed E-state index contributed by atoms with van der Waals surface area (Å²) >= 11 is 1.74. The Morgan fingerprint density at radius 1 is 1.30 bits per heavy atom. The zero-order valence-electron chi connectivity index (χ0n) is 16.8. The van der Waals surface area contributed by atoms with Gasteiger partial charge in [0.1, 0.15) is 5.82 Å². The molecule has 1 N–H and O–H groups in total. The van der Waals surface area contributed by atoms with E-state index in [1.165, 1.54) is 15.8 Å². The van der Waals surface area contributed by atoms with Crippen LogP contribution in [0, 0.1) is 18.8 Å². The van der Waals surface area contributed by atoms with Crippen molar-refractivity contribution in [1.82, 2.24) is 9.88 Å². The van der Waals surface area contributed by atoms with Crippen LogP contribution in [0.25, 0.3) is 10.9 Å². The van der Waals surface area contributed by atoms with E-state index in [0.29, 0.717) is 5.92 Å². The molecule has 2 aromatic rings. The molecule has 0 amide bonds. The molecule has 0 bridgehead atoms. The number of anilines is 1. The number of nitrogens with zero attached hydrogens (tertiary/aromatic N) is 3. The SMILES string of the molecule is COCCN(C)C[C@@H]1CN(c2cc(C)c3ccc(SC)cc3n2)C[C@@H]1CO. The van der Waals surface area contributed by atoms with Gasteiger partial charge in [0.2, 0.25) is 0 Å². The molecule has 27 heavy (non-hydrogen) atoms. The third kappa shape index (κ3) is 4.74. The molecule has 5 nitrogen and oxygen atoms in total. The van der Waals surface area contributed by atoms with Crippen LogP contribution in [0.15, 0.2) is 29.2 Å². The van der Waals surface area contributed by atoms with Gasteiger partial charge in [-0.3, -0.25) is 0 Å². The summed E-state index contributed by atoms with van der Waals surface area (Å²) in [4.78, 5) is 10.8. The van der Waals surface area contributed by atoms with Gasteiger partial charge in [0.15, 0.2) is 0 Å². The van der Waals surface area contributed by atoms with Crippen LogP contribution in [0.4, 0.5) is 5.82 Å². The molecule has 6 heteroatoms. The first-order valence-corrected chi connectivity index (χ1v) is 10.8. The van der Waals surface area contributed by atoms with E-state index in [1.54, 1.807) is 18.9 Å². The number of hydrogen-bond acceptors (Lipinski definition) is 6. The van der Waals surface area contributed by atoms with Crippen molar-refractivity contribution in [2.75, 3.05) is 64.7 Å². The van der Waals surface area contributed by atoms with Gasteiger partial charge in [-0.05, 0) is 49.9 Å². The molecule has 0 radical (unpaired) electrons. The summed E-state index contributed by atoms with van der Waals surface area (Å²) in [6.45, 7) is 6.79. The highest BCUT2D eigenvalue weighted by molar-refractivity contribution is 7.98. The predicted molar refractivity (Wildman–Crippen MR) is 114 cm³/mol. The van der Waals surface area contributed by atoms with E-state index < -0.39 is 0 Å². The topological polar surface area (TPSA) is 48.8 Å². The van der Waals surface area contributed by atoms with Gasteiger partial charge in [0, 0.05) is 56.1 Å². The Kier molecular flexibility index (Phi) is 6.98. The number of pyridine rings is 1. The standard InChI is InChI=1S/C21H31N3O2S/c1-15-9-21(22-20-10-18(27-4)5-6-19(15)20)24-12-16(17(13-24)14-25)11-23(2)7-8-26-3/h5-6,9-10,16-17,25H,7-8,11-14H2,1-4H3/t16-,17-/m1/s1. The van der Waals surface area contributed by atoms with Crippen LogP contribution in [-0.2, 0) is 4.74 Å². The number of methoxy groups -OCH3 is 1. The third-order valence-corrected chi connectivity index (χ3v) is 6.29. The van der Waals surface area contributed by atoms with E-state index >= 15 is 0 Å². The van der Waals surface area contributed by atoms with Gasteiger partial charge in [0.05, 0.1) is 12.1 Å². The van der Waals surface area contributed by atoms with Crippen molar-refractivity contribution in [2.45, 2.75) is 11.8 Å². The van der Waals surface area contributed by atoms with Crippen molar-refractivity contribution in [3.05, 3.63) is 29.8 Å². The number of ether oxygens (including phenoxy) is 1. The van der Waals surface area contributed by atoms with Crippen LogP contribution in [0.1, 0.15) is 5.56 Å². The number of fused-ring (bicyclic) bond motifs is 1. The lowest BCUT2D eigenvalue weighted by molar-refractivity contribution is 0.136. The van der Waals surface area contributed by atoms with Crippen molar-refractivity contribution in [1.29, 1.82) is 0 Å². The highest BCUT2D eigenvalue weighted by Crippen LogP contribution is 2.31. The first-order chi connectivity index (χ1) is 13.0. The van der Waals surface area contributed by atoms with Gasteiger partial charge < -0.3 is 19.6 Å². The first-order valence-electron chi connectivity index (χ1n) is 9.54. The van der Waals surface area contributed by atoms with Crippen molar-refractivity contribution in [2.24, 2.45) is 11.8 Å². The molecule has 1 aliphatic rings. The van der Waals surface area contributed by atoms with Crippen LogP contribution in [0.3, 0.4) is 0 Å². The van der Waals surface area contributed by atoms with Crippen LogP contribution < -0.4 is 4.90 Å². The lowest BCUT2D eigenvalue weighted by atomic mass is 9.96. The number of benzene rings is 1. The fourth-order valence-corrected chi connectivity index (χ4v) is 4.37. The largest absolute Gasteiger partial charge is 0.396 e. The summed E-state index contributed by atoms with van der Waals surface area (Å²) in [6.07, 6.45) is 2.09. The Labute approximate surface area is 166 Å². The van der Waals surface area contributed by atoms with Gasteiger partial charge in [-0.1, -0.05) is 6.07 Å². The Hall–Kier alpha value is -1.34. The van der Waals surface area contributed by atoms with E-state index in [0.717, 1.165) is 44.1 Å². The Balaban J connectivity index is 1.79. The van der Waals surface area contributed by atoms with Crippen LogP contribution in [0.5, 0.6) is 0 Å². The molecular formula is C21H31N3O2S. The molecule has 1 saturated heterocycles. The maximum Gasteiger partial charge on any atom is 0.129 e. The Bertz CT molecular complexity index is 770. The normalized spacial score (nSPS) is 20.1. The van der Waals surface area contributed by atoms with E-state index in [-0.39, 0.29) is 12.5 Å². The summed E-state index contributed by atoms with van der Waals surface area (Å²) in [6, 6.07) is 8.69. The van der Waals surface area contributed by atoms with Crippen molar-refractivity contribution in [3.63, 3.8) is 0 Å². The Morgan fingerprint density at radius 3 is 2.78 bits per heavy atom. The lowest BCUT2D eigenvalue weighted by Crippen LogP contribution is -2.33. The number of thioether (sulfide) groups is 1. The molecule has 1 aromatic heterocycles. The van der Waals surface area contributed by atoms with Gasteiger partial charge >= 0.3 is 0 Å². The van der Waals surface area contributed by atoms with Gasteiger partial charge in [0.25, 0.3) is 0 Å². The molecule has 0 saturated carbocycles. The van der Waals surface area contributed by atoms with Crippen LogP contribution >= 0.6 is 11.8 Å². The highest BCUT2D eigenvalue weighted by atomic mass is 32.2. The second kappa shape index (κ2) is 9.24. The van der Waals surface area contributed by atoms with Crippen molar-refractivity contribution < 1.29 is 9.84 Å². The number of aryl methyl sites for hydroxylation is 1. The fraction of sp³-hybridized carbons (Fsp3) is 0.571. The molecule has 3 rings (SSSR count). The highest BCUT2D eigenvalue weighted by Gasteiger charge is 2.33. The number of aliphatic hydroxyl groups is 1. The van der Waals surface area contributed by atoms with Crippen molar-refractivity contribution in [3.8, 4) is 0 Å². The number of rotatable bonds is 8. The minimum absolute atomic E-state index is 0.225. The minimum atomic E-state index is 0.225. The van der Waals surface area contributed by atoms with E-state index in [1.807, 2.05) is 0 Å². The fourth-order valence-electron chi connectivity index (χ4n) is 3.93. The number of aliphatic hydroxyl groups excluding tert-OH is 1. The minimum Gasteiger partial charge on any atom is -0.396 e. The van der Waals surface area contributed by atoms with Crippen LogP contribution in [0.2, 0.25) is 0 Å². The maximum atomic E-state index is 9.89. The molecule has 2 atom stereocenters. The Morgan fingerprint density at radius 2 is 2.07 bits per heavy atom. The summed E-state index contributed by atoms with van der Waals surface area (Å²) < 4.78 is 5.18. The average molecular weight is 390 g/mol. The molecule has 0 aliphatic carbocycles. The molecule has 0 spiro atoms. The van der Waals surface area contributed by atoms with E-state index in [2.05, 4.69) is 54.3 Å². The van der Waals surface area contributed by atoms with Crippen molar-refractivity contribution >= 4 is 28.5 Å². The summed E-state index contributed by atoms with van der Waals surface area (Å²) in [5.74, 6) is 1.75. The summed E-state index contributed by atoms with van der Waals surface area (Å²) in [7, 11) is 3.86. The summed E-state index contributed by atoms with van der Waals surface area (Å²) in [5.41, 5.74) is 2.31. The molecular weight excluding hydrogens is 358 g/mol. The first kappa shape index (κ1) is 20.4. The third-order valence-electron chi connectivity index (χ3n) is 5.57. The zero-order valence-corrected chi connectivity index (χ0v) is 17.6. The molecule has 1 fully saturated rings. The van der Waals surface area contributed by atoms with E-state index in [9.17, 15) is 5.11 Å². The second-order valence-corrected chi connectivity index (χ2v) is 8.42.